The zero-order valence-corrected chi connectivity index (χ0v) is 21.1. The van der Waals surface area contributed by atoms with E-state index >= 15 is 4.39 Å². The number of likely N-dealkylation sites (tertiary alicyclic amines) is 1. The van der Waals surface area contributed by atoms with Gasteiger partial charge in [-0.3, -0.25) is 4.79 Å². The van der Waals surface area contributed by atoms with Gasteiger partial charge in [0, 0.05) is 18.0 Å². The molecule has 7 heteroatoms. The number of alkyl halides is 1. The molecule has 2 bridgehead atoms. The van der Waals surface area contributed by atoms with Crippen LogP contribution in [0.15, 0.2) is 12.1 Å². The van der Waals surface area contributed by atoms with Crippen LogP contribution in [0.4, 0.5) is 8.78 Å². The van der Waals surface area contributed by atoms with Crippen molar-refractivity contribution < 1.29 is 27.8 Å². The van der Waals surface area contributed by atoms with Crippen LogP contribution in [0.1, 0.15) is 107 Å². The maximum absolute atomic E-state index is 15.3. The van der Waals surface area contributed by atoms with Gasteiger partial charge in [0.25, 0.3) is 5.91 Å². The van der Waals surface area contributed by atoms with Crippen molar-refractivity contribution in [2.24, 2.45) is 5.41 Å². The molecular weight excluding hydrogens is 452 g/mol. The van der Waals surface area contributed by atoms with E-state index in [1.54, 1.807) is 26.8 Å². The molecule has 1 heterocycles. The van der Waals surface area contributed by atoms with Gasteiger partial charge in [0.15, 0.2) is 0 Å². The predicted octanol–water partition coefficient (Wildman–Crippen LogP) is 6.09. The molecule has 0 unspecified atom stereocenters. The third kappa shape index (κ3) is 5.05. The smallest absolute Gasteiger partial charge is 0.329 e. The molecule has 0 radical (unpaired) electrons. The van der Waals surface area contributed by atoms with Crippen molar-refractivity contribution in [3.05, 3.63) is 29.1 Å². The second kappa shape index (κ2) is 8.74. The van der Waals surface area contributed by atoms with Crippen LogP contribution < -0.4 is 4.74 Å². The molecule has 4 aliphatic carbocycles. The second-order valence-electron chi connectivity index (χ2n) is 12.3. The number of rotatable bonds is 6. The Morgan fingerprint density at radius 1 is 1.06 bits per heavy atom. The molecule has 4 saturated carbocycles. The summed E-state index contributed by atoms with van der Waals surface area (Å²) in [5.41, 5.74) is -0.826. The first-order chi connectivity index (χ1) is 16.5. The van der Waals surface area contributed by atoms with Gasteiger partial charge in [0.1, 0.15) is 28.9 Å². The summed E-state index contributed by atoms with van der Waals surface area (Å²) in [6.07, 6.45) is 7.34. The first-order valence-corrected chi connectivity index (χ1v) is 13.2. The van der Waals surface area contributed by atoms with Crippen molar-refractivity contribution >= 4 is 11.9 Å². The zero-order valence-electron chi connectivity index (χ0n) is 21.1. The summed E-state index contributed by atoms with van der Waals surface area (Å²) in [4.78, 5) is 27.5. The van der Waals surface area contributed by atoms with Crippen molar-refractivity contribution in [2.75, 3.05) is 13.2 Å². The highest BCUT2D eigenvalue weighted by molar-refractivity contribution is 5.98. The van der Waals surface area contributed by atoms with Gasteiger partial charge < -0.3 is 14.4 Å². The molecule has 1 saturated heterocycles. The summed E-state index contributed by atoms with van der Waals surface area (Å²) in [6, 6.07) is 2.29. The summed E-state index contributed by atoms with van der Waals surface area (Å²) in [7, 11) is 0. The van der Waals surface area contributed by atoms with E-state index in [9.17, 15) is 14.0 Å². The van der Waals surface area contributed by atoms with Crippen molar-refractivity contribution in [3.8, 4) is 5.75 Å². The molecular formula is C28H37F2NO4. The number of benzene rings is 1. The van der Waals surface area contributed by atoms with Crippen molar-refractivity contribution in [3.63, 3.8) is 0 Å². The van der Waals surface area contributed by atoms with Crippen LogP contribution in [0.5, 0.6) is 5.75 Å². The maximum Gasteiger partial charge on any atom is 0.329 e. The van der Waals surface area contributed by atoms with Crippen molar-refractivity contribution in [2.45, 2.75) is 108 Å². The Morgan fingerprint density at radius 2 is 1.71 bits per heavy atom. The molecule has 0 aromatic heterocycles. The third-order valence-corrected chi connectivity index (χ3v) is 8.38. The van der Waals surface area contributed by atoms with Gasteiger partial charge in [-0.1, -0.05) is 0 Å². The highest BCUT2D eigenvalue weighted by atomic mass is 19.1. The molecule has 35 heavy (non-hydrogen) atoms. The first kappa shape index (κ1) is 24.5. The minimum atomic E-state index is -0.998. The van der Waals surface area contributed by atoms with Crippen LogP contribution in [0, 0.1) is 11.2 Å². The van der Waals surface area contributed by atoms with Crippen LogP contribution >= 0.6 is 0 Å². The predicted molar refractivity (Wildman–Crippen MR) is 128 cm³/mol. The standard InChI is InChI=1S/C28H37F2NO4/c1-26(2,3)35-25(33)22-5-4-14-31(22)24(32)20-15-19(18-6-7-18)23(16-21(20)29)34-17-27-8-11-28(30,12-9-27)13-10-27/h15-16,18,22H,4-14,17H2,1-3H3/t22-,27?,28?/m0/s1. The topological polar surface area (TPSA) is 55.8 Å². The summed E-state index contributed by atoms with van der Waals surface area (Å²) in [5.74, 6) is -0.781. The number of amides is 1. The Morgan fingerprint density at radius 3 is 2.31 bits per heavy atom. The van der Waals surface area contributed by atoms with Gasteiger partial charge in [-0.25, -0.2) is 13.6 Å². The van der Waals surface area contributed by atoms with Crippen molar-refractivity contribution in [1.82, 2.24) is 4.90 Å². The van der Waals surface area contributed by atoms with E-state index in [0.29, 0.717) is 51.0 Å². The summed E-state index contributed by atoms with van der Waals surface area (Å²) < 4.78 is 41.6. The summed E-state index contributed by atoms with van der Waals surface area (Å²) in [6.45, 7) is 6.24. The van der Waals surface area contributed by atoms with Gasteiger partial charge in [-0.2, -0.15) is 0 Å². The summed E-state index contributed by atoms with van der Waals surface area (Å²) in [5, 5.41) is 0. The molecule has 0 spiro atoms. The molecule has 1 atom stereocenters. The highest BCUT2D eigenvalue weighted by Gasteiger charge is 2.49. The number of ether oxygens (including phenoxy) is 2. The SMILES string of the molecule is CC(C)(C)OC(=O)[C@@H]1CCCN1C(=O)c1cc(C2CC2)c(OCC23CCC(F)(CC2)CC3)cc1F. The lowest BCUT2D eigenvalue weighted by Gasteiger charge is -2.49. The van der Waals surface area contributed by atoms with Crippen LogP contribution in [0.25, 0.3) is 0 Å². The minimum Gasteiger partial charge on any atom is -0.493 e. The Hall–Kier alpha value is -2.18. The average Bonchev–Trinajstić information content (AvgIpc) is 3.52. The molecule has 192 valence electrons. The quantitative estimate of drug-likeness (QED) is 0.454. The fourth-order valence-corrected chi connectivity index (χ4v) is 6.02. The van der Waals surface area contributed by atoms with E-state index in [1.807, 2.05) is 0 Å². The van der Waals surface area contributed by atoms with Crippen molar-refractivity contribution in [1.29, 1.82) is 0 Å². The molecule has 6 rings (SSSR count). The molecule has 0 N–H and O–H groups in total. The van der Waals surface area contributed by atoms with E-state index in [0.717, 1.165) is 37.7 Å². The van der Waals surface area contributed by atoms with E-state index in [1.165, 1.54) is 11.0 Å². The van der Waals surface area contributed by atoms with Crippen LogP contribution in [-0.2, 0) is 9.53 Å². The lowest BCUT2D eigenvalue weighted by molar-refractivity contribution is -0.159. The third-order valence-electron chi connectivity index (χ3n) is 8.38. The number of hydrogen-bond donors (Lipinski definition) is 0. The Labute approximate surface area is 206 Å². The number of fused-ring (bicyclic) bond motifs is 3. The molecule has 1 aromatic rings. The molecule has 5 nitrogen and oxygen atoms in total. The largest absolute Gasteiger partial charge is 0.493 e. The van der Waals surface area contributed by atoms with Gasteiger partial charge >= 0.3 is 5.97 Å². The number of carbonyl (C=O) groups is 2. The maximum atomic E-state index is 15.3. The van der Waals surface area contributed by atoms with Crippen LogP contribution in [0.2, 0.25) is 0 Å². The van der Waals surface area contributed by atoms with Gasteiger partial charge in [-0.15, -0.1) is 0 Å². The van der Waals surface area contributed by atoms with Gasteiger partial charge in [-0.05, 0) is 103 Å². The molecule has 1 aromatic carbocycles. The van der Waals surface area contributed by atoms with Crippen LogP contribution in [0.3, 0.4) is 0 Å². The van der Waals surface area contributed by atoms with E-state index < -0.39 is 35.0 Å². The fourth-order valence-electron chi connectivity index (χ4n) is 6.02. The second-order valence-corrected chi connectivity index (χ2v) is 12.3. The normalized spacial score (nSPS) is 30.4. The summed E-state index contributed by atoms with van der Waals surface area (Å²) >= 11 is 0. The van der Waals surface area contributed by atoms with Gasteiger partial charge in [0.2, 0.25) is 0 Å². The fraction of sp³-hybridized carbons (Fsp3) is 0.714. The number of nitrogens with zero attached hydrogens (tertiary/aromatic N) is 1. The molecule has 5 fully saturated rings. The lowest BCUT2D eigenvalue weighted by Crippen LogP contribution is -2.46. The van der Waals surface area contributed by atoms with Gasteiger partial charge in [0.05, 0.1) is 12.2 Å². The van der Waals surface area contributed by atoms with E-state index in [-0.39, 0.29) is 16.9 Å². The first-order valence-electron chi connectivity index (χ1n) is 13.2. The molecule has 1 aliphatic heterocycles. The van der Waals surface area contributed by atoms with E-state index in [4.69, 9.17) is 9.47 Å². The Balaban J connectivity index is 1.34. The number of halogens is 2. The monoisotopic (exact) mass is 489 g/mol. The average molecular weight is 490 g/mol. The van der Waals surface area contributed by atoms with Crippen LogP contribution in [-0.4, -0.2) is 47.2 Å². The highest BCUT2D eigenvalue weighted by Crippen LogP contribution is 2.54. The number of carbonyl (C=O) groups excluding carboxylic acids is 2. The lowest BCUT2D eigenvalue weighted by atomic mass is 9.60. The number of hydrogen-bond acceptors (Lipinski definition) is 4. The molecule has 1 amide bonds. The Kier molecular flexibility index (Phi) is 6.12. The zero-order chi connectivity index (χ0) is 25.0. The number of esters is 1. The van der Waals surface area contributed by atoms with E-state index in [2.05, 4.69) is 0 Å². The molecule has 5 aliphatic rings. The Bertz CT molecular complexity index is 988. The minimum absolute atomic E-state index is 0.00887.